The number of hydrogen-bond donors (Lipinski definition) is 2. The summed E-state index contributed by atoms with van der Waals surface area (Å²) < 4.78 is 0. The smallest absolute Gasteiger partial charge is 0.130 e. The maximum Gasteiger partial charge on any atom is 0.130 e. The fourth-order valence-electron chi connectivity index (χ4n) is 7.08. The molecule has 4 saturated carbocycles. The Morgan fingerprint density at radius 3 is 2.35 bits per heavy atom. The van der Waals surface area contributed by atoms with Crippen LogP contribution in [0, 0.1) is 59.7 Å². The third kappa shape index (κ3) is 1.92. The average Bonchev–Trinajstić information content (AvgIpc) is 3.03. The van der Waals surface area contributed by atoms with E-state index in [-0.39, 0.29) is 5.41 Å². The Morgan fingerprint density at radius 1 is 0.870 bits per heavy atom. The van der Waals surface area contributed by atoms with Gasteiger partial charge in [-0.15, -0.1) is 12.8 Å². The van der Waals surface area contributed by atoms with E-state index in [1.54, 1.807) is 0 Å². The number of terminal acetylenes is 2. The van der Waals surface area contributed by atoms with Gasteiger partial charge in [0.2, 0.25) is 0 Å². The molecule has 0 saturated heterocycles. The van der Waals surface area contributed by atoms with E-state index in [0.29, 0.717) is 29.6 Å². The predicted octanol–water partition coefficient (Wildman–Crippen LogP) is 2.98. The van der Waals surface area contributed by atoms with E-state index >= 15 is 0 Å². The molecule has 4 aliphatic carbocycles. The standard InChI is InChI=1S/C21H28O2/c1-4-20(22)12-14-6-7-16-15(17(14)13-20)8-10-19(3)18(16)9-11-21(19,23)5-2/h1-2,14-18,22-23H,6-13H2,3H3/t14-,15-,16+,17-,18-,19-,20-,21-/m0/s1. The van der Waals surface area contributed by atoms with Crippen LogP contribution in [0.2, 0.25) is 0 Å². The molecule has 0 aromatic heterocycles. The summed E-state index contributed by atoms with van der Waals surface area (Å²) in [5, 5.41) is 21.5. The molecule has 124 valence electrons. The van der Waals surface area contributed by atoms with Gasteiger partial charge in [0.05, 0.1) is 0 Å². The van der Waals surface area contributed by atoms with Crippen LogP contribution in [0.15, 0.2) is 0 Å². The van der Waals surface area contributed by atoms with Crippen LogP contribution < -0.4 is 0 Å². The Balaban J connectivity index is 1.62. The van der Waals surface area contributed by atoms with Crippen molar-refractivity contribution in [3.8, 4) is 24.7 Å². The summed E-state index contributed by atoms with van der Waals surface area (Å²) in [5.74, 6) is 8.39. The molecule has 4 fully saturated rings. The second-order valence-corrected chi connectivity index (χ2v) is 9.02. The van der Waals surface area contributed by atoms with Gasteiger partial charge < -0.3 is 10.2 Å². The van der Waals surface area contributed by atoms with Crippen LogP contribution in [-0.2, 0) is 0 Å². The fourth-order valence-corrected chi connectivity index (χ4v) is 7.08. The molecule has 0 amide bonds. The highest BCUT2D eigenvalue weighted by Gasteiger charge is 2.63. The maximum absolute atomic E-state index is 11.0. The van der Waals surface area contributed by atoms with E-state index in [2.05, 4.69) is 18.8 Å². The number of hydrogen-bond acceptors (Lipinski definition) is 2. The van der Waals surface area contributed by atoms with Crippen molar-refractivity contribution in [2.24, 2.45) is 35.0 Å². The molecule has 0 unspecified atom stereocenters. The topological polar surface area (TPSA) is 40.5 Å². The van der Waals surface area contributed by atoms with Crippen LogP contribution in [0.4, 0.5) is 0 Å². The minimum atomic E-state index is -0.922. The highest BCUT2D eigenvalue weighted by molar-refractivity contribution is 5.24. The highest BCUT2D eigenvalue weighted by Crippen LogP contribution is 2.66. The van der Waals surface area contributed by atoms with Crippen LogP contribution in [0.25, 0.3) is 0 Å². The zero-order chi connectivity index (χ0) is 16.5. The molecule has 2 heteroatoms. The van der Waals surface area contributed by atoms with Gasteiger partial charge in [-0.1, -0.05) is 18.8 Å². The molecule has 0 aliphatic heterocycles. The molecule has 0 aromatic carbocycles. The molecule has 4 aliphatic rings. The van der Waals surface area contributed by atoms with Crippen molar-refractivity contribution in [2.75, 3.05) is 0 Å². The van der Waals surface area contributed by atoms with Gasteiger partial charge in [0.15, 0.2) is 0 Å². The lowest BCUT2D eigenvalue weighted by Gasteiger charge is -2.54. The van der Waals surface area contributed by atoms with Crippen LogP contribution in [0.1, 0.15) is 58.3 Å². The molecule has 23 heavy (non-hydrogen) atoms. The van der Waals surface area contributed by atoms with Crippen LogP contribution >= 0.6 is 0 Å². The first-order valence-corrected chi connectivity index (χ1v) is 9.26. The van der Waals surface area contributed by atoms with Gasteiger partial charge in [0.1, 0.15) is 11.2 Å². The Labute approximate surface area is 140 Å². The lowest BCUT2D eigenvalue weighted by molar-refractivity contribution is -0.0964. The van der Waals surface area contributed by atoms with Crippen molar-refractivity contribution >= 4 is 0 Å². The molecule has 8 atom stereocenters. The molecular weight excluding hydrogens is 284 g/mol. The summed E-state index contributed by atoms with van der Waals surface area (Å²) >= 11 is 0. The summed E-state index contributed by atoms with van der Waals surface area (Å²) in [6, 6.07) is 0. The lowest BCUT2D eigenvalue weighted by Crippen LogP contribution is -2.52. The SMILES string of the molecule is C#C[C@]1(O)C[C@@H]2CC[C@@H]3[C@H](CC[C@@]4(C)[C@H]3CC[C@@]4(O)C#C)[C@H]2C1. The molecule has 0 radical (unpaired) electrons. The van der Waals surface area contributed by atoms with E-state index < -0.39 is 11.2 Å². The van der Waals surface area contributed by atoms with Gasteiger partial charge in [-0.25, -0.2) is 0 Å². The molecule has 0 spiro atoms. The van der Waals surface area contributed by atoms with Gasteiger partial charge in [0.25, 0.3) is 0 Å². The lowest BCUT2D eigenvalue weighted by atomic mass is 9.51. The largest absolute Gasteiger partial charge is 0.378 e. The maximum atomic E-state index is 11.0. The minimum absolute atomic E-state index is 0.128. The first-order valence-electron chi connectivity index (χ1n) is 9.26. The van der Waals surface area contributed by atoms with Gasteiger partial charge in [-0.2, -0.15) is 0 Å². The van der Waals surface area contributed by atoms with Crippen molar-refractivity contribution in [1.82, 2.24) is 0 Å². The minimum Gasteiger partial charge on any atom is -0.378 e. The molecule has 2 nitrogen and oxygen atoms in total. The van der Waals surface area contributed by atoms with Crippen LogP contribution in [-0.4, -0.2) is 21.4 Å². The summed E-state index contributed by atoms with van der Waals surface area (Å²) in [5.41, 5.74) is -1.92. The molecular formula is C21H28O2. The summed E-state index contributed by atoms with van der Waals surface area (Å²) in [6.45, 7) is 2.22. The summed E-state index contributed by atoms with van der Waals surface area (Å²) in [4.78, 5) is 0. The first-order chi connectivity index (χ1) is 10.9. The van der Waals surface area contributed by atoms with E-state index in [9.17, 15) is 10.2 Å². The quantitative estimate of drug-likeness (QED) is 0.675. The Hall–Kier alpha value is -0.960. The van der Waals surface area contributed by atoms with Gasteiger partial charge in [-0.3, -0.25) is 0 Å². The molecule has 2 N–H and O–H groups in total. The number of fused-ring (bicyclic) bond motifs is 5. The zero-order valence-corrected chi connectivity index (χ0v) is 14.1. The van der Waals surface area contributed by atoms with Gasteiger partial charge in [0, 0.05) is 5.41 Å². The third-order valence-electron chi connectivity index (χ3n) is 8.35. The van der Waals surface area contributed by atoms with Crippen LogP contribution in [0.3, 0.4) is 0 Å². The van der Waals surface area contributed by atoms with Crippen molar-refractivity contribution in [3.63, 3.8) is 0 Å². The molecule has 0 aromatic rings. The molecule has 0 heterocycles. The summed E-state index contributed by atoms with van der Waals surface area (Å²) in [6.07, 6.45) is 19.2. The number of aliphatic hydroxyl groups is 2. The van der Waals surface area contributed by atoms with Crippen LogP contribution in [0.5, 0.6) is 0 Å². The Bertz CT molecular complexity index is 598. The number of rotatable bonds is 0. The molecule has 4 rings (SSSR count). The zero-order valence-electron chi connectivity index (χ0n) is 14.1. The normalized spacial score (nSPS) is 57.7. The van der Waals surface area contributed by atoms with E-state index in [1.807, 2.05) is 0 Å². The van der Waals surface area contributed by atoms with E-state index in [0.717, 1.165) is 38.5 Å². The van der Waals surface area contributed by atoms with Gasteiger partial charge >= 0.3 is 0 Å². The molecule has 0 bridgehead atoms. The van der Waals surface area contributed by atoms with Crippen molar-refractivity contribution < 1.29 is 10.2 Å². The van der Waals surface area contributed by atoms with E-state index in [4.69, 9.17) is 12.8 Å². The van der Waals surface area contributed by atoms with E-state index in [1.165, 1.54) is 12.8 Å². The predicted molar refractivity (Wildman–Crippen MR) is 90.1 cm³/mol. The van der Waals surface area contributed by atoms with Crippen molar-refractivity contribution in [1.29, 1.82) is 0 Å². The third-order valence-corrected chi connectivity index (χ3v) is 8.35. The second kappa shape index (κ2) is 4.78. The van der Waals surface area contributed by atoms with Gasteiger partial charge in [-0.05, 0) is 81.0 Å². The monoisotopic (exact) mass is 312 g/mol. The first kappa shape index (κ1) is 15.6. The van der Waals surface area contributed by atoms with Crippen molar-refractivity contribution in [2.45, 2.75) is 69.5 Å². The fraction of sp³-hybridized carbons (Fsp3) is 0.810. The second-order valence-electron chi connectivity index (χ2n) is 9.02. The van der Waals surface area contributed by atoms with Crippen molar-refractivity contribution in [3.05, 3.63) is 0 Å². The summed E-state index contributed by atoms with van der Waals surface area (Å²) in [7, 11) is 0. The Morgan fingerprint density at radius 2 is 1.65 bits per heavy atom. The highest BCUT2D eigenvalue weighted by atomic mass is 16.3. The Kier molecular flexibility index (Phi) is 3.23. The average molecular weight is 312 g/mol.